The second-order valence-electron chi connectivity index (χ2n) is 10.2. The minimum Gasteiger partial charge on any atom is -0.494 e. The molecule has 0 aliphatic carbocycles. The number of aromatic hydroxyl groups is 1. The molecule has 3 aromatic rings. The van der Waals surface area contributed by atoms with E-state index in [9.17, 15) is 18.3 Å². The molecule has 208 valence electrons. The summed E-state index contributed by atoms with van der Waals surface area (Å²) in [4.78, 5) is 16.1. The first-order valence-electron chi connectivity index (χ1n) is 12.6. The van der Waals surface area contributed by atoms with Gasteiger partial charge in [0.15, 0.2) is 4.90 Å². The van der Waals surface area contributed by atoms with E-state index < -0.39 is 44.5 Å². The van der Waals surface area contributed by atoms with Crippen molar-refractivity contribution in [2.24, 2.45) is 0 Å². The van der Waals surface area contributed by atoms with Gasteiger partial charge in [-0.05, 0) is 63.8 Å². The molecule has 1 aliphatic heterocycles. The van der Waals surface area contributed by atoms with E-state index in [0.717, 1.165) is 0 Å². The molecule has 0 spiro atoms. The van der Waals surface area contributed by atoms with E-state index in [1.54, 1.807) is 30.3 Å². The van der Waals surface area contributed by atoms with Gasteiger partial charge in [-0.2, -0.15) is 4.98 Å². The number of sulfone groups is 1. The molecule has 0 amide bonds. The van der Waals surface area contributed by atoms with E-state index in [4.69, 9.17) is 18.8 Å². The van der Waals surface area contributed by atoms with Crippen LogP contribution < -0.4 is 20.5 Å². The molecule has 39 heavy (non-hydrogen) atoms. The normalized spacial score (nSPS) is 16.3. The average Bonchev–Trinajstić information content (AvgIpc) is 3.10. The fourth-order valence-electron chi connectivity index (χ4n) is 4.35. The van der Waals surface area contributed by atoms with Crippen molar-refractivity contribution in [2.45, 2.75) is 68.5 Å². The van der Waals surface area contributed by atoms with Gasteiger partial charge in [0.1, 0.15) is 23.0 Å². The molecule has 0 unspecified atom stereocenters. The Morgan fingerprint density at radius 3 is 2.00 bits per heavy atom. The Labute approximate surface area is 228 Å². The summed E-state index contributed by atoms with van der Waals surface area (Å²) in [6.07, 6.45) is 0.864. The Morgan fingerprint density at radius 1 is 0.974 bits per heavy atom. The number of aromatic nitrogens is 2. The average molecular weight is 556 g/mol. The summed E-state index contributed by atoms with van der Waals surface area (Å²) >= 11 is 0. The minimum atomic E-state index is -4.50. The van der Waals surface area contributed by atoms with Crippen molar-refractivity contribution >= 4 is 22.4 Å². The van der Waals surface area contributed by atoms with Crippen LogP contribution in [0, 0.1) is 0 Å². The van der Waals surface area contributed by atoms with Crippen molar-refractivity contribution in [2.75, 3.05) is 14.2 Å². The highest BCUT2D eigenvalue weighted by atomic mass is 32.2. The van der Waals surface area contributed by atoms with E-state index in [-0.39, 0.29) is 22.8 Å². The zero-order chi connectivity index (χ0) is 28.8. The quantitative estimate of drug-likeness (QED) is 0.417. The SMILES string of the molecule is CCCc1nc(=O)c(S(=O)(=O)c2ccc(B3OC(C)(C)C(C)(C)O3)cc2)c(O)n1-c1c(OC)cccc1OC. The molecule has 1 N–H and O–H groups in total. The summed E-state index contributed by atoms with van der Waals surface area (Å²) in [6.45, 7) is 9.56. The van der Waals surface area contributed by atoms with Crippen LogP contribution in [0.4, 0.5) is 0 Å². The number of methoxy groups -OCH3 is 2. The molecule has 0 radical (unpaired) electrons. The fourth-order valence-corrected chi connectivity index (χ4v) is 5.69. The largest absolute Gasteiger partial charge is 0.494 e. The van der Waals surface area contributed by atoms with E-state index in [1.165, 1.54) is 30.9 Å². The lowest BCUT2D eigenvalue weighted by atomic mass is 9.79. The first kappa shape index (κ1) is 28.7. The lowest BCUT2D eigenvalue weighted by molar-refractivity contribution is 0.00578. The molecule has 12 heteroatoms. The Morgan fingerprint density at radius 2 is 1.51 bits per heavy atom. The predicted octanol–water partition coefficient (Wildman–Crippen LogP) is 3.04. The van der Waals surface area contributed by atoms with Crippen molar-refractivity contribution in [1.82, 2.24) is 9.55 Å². The number of benzene rings is 2. The highest BCUT2D eigenvalue weighted by molar-refractivity contribution is 7.91. The zero-order valence-electron chi connectivity index (χ0n) is 23.1. The molecule has 1 aliphatic rings. The van der Waals surface area contributed by atoms with Crippen LogP contribution >= 0.6 is 0 Å². The lowest BCUT2D eigenvalue weighted by Crippen LogP contribution is -2.41. The van der Waals surface area contributed by atoms with Gasteiger partial charge >= 0.3 is 7.12 Å². The van der Waals surface area contributed by atoms with Crippen molar-refractivity contribution < 1.29 is 32.3 Å². The highest BCUT2D eigenvalue weighted by Gasteiger charge is 2.51. The maximum atomic E-state index is 13.7. The van der Waals surface area contributed by atoms with Crippen LogP contribution in [0.2, 0.25) is 0 Å². The van der Waals surface area contributed by atoms with Crippen LogP contribution in [0.3, 0.4) is 0 Å². The maximum Gasteiger partial charge on any atom is 0.494 e. The van der Waals surface area contributed by atoms with E-state index in [2.05, 4.69) is 4.98 Å². The Balaban J connectivity index is 1.85. The summed E-state index contributed by atoms with van der Waals surface area (Å²) in [5, 5.41) is 11.4. The topological polar surface area (TPSA) is 126 Å². The Hall–Kier alpha value is -3.35. The maximum absolute atomic E-state index is 13.7. The van der Waals surface area contributed by atoms with Crippen LogP contribution in [0.25, 0.3) is 5.69 Å². The summed E-state index contributed by atoms with van der Waals surface area (Å²) in [7, 11) is -2.32. The summed E-state index contributed by atoms with van der Waals surface area (Å²) in [6, 6.07) is 10.8. The summed E-state index contributed by atoms with van der Waals surface area (Å²) in [5.74, 6) is -0.0285. The molecule has 1 fully saturated rings. The predicted molar refractivity (Wildman–Crippen MR) is 146 cm³/mol. The molecular weight excluding hydrogens is 523 g/mol. The van der Waals surface area contributed by atoms with E-state index >= 15 is 0 Å². The summed E-state index contributed by atoms with van der Waals surface area (Å²) < 4.78 is 51.7. The molecular formula is C27H33BN2O8S. The second-order valence-corrected chi connectivity index (χ2v) is 12.1. The fraction of sp³-hybridized carbons (Fsp3) is 0.407. The molecule has 4 rings (SSSR count). The lowest BCUT2D eigenvalue weighted by Gasteiger charge is -2.32. The van der Waals surface area contributed by atoms with Gasteiger partial charge in [-0.3, -0.25) is 9.36 Å². The summed E-state index contributed by atoms with van der Waals surface area (Å²) in [5.41, 5.74) is -1.35. The van der Waals surface area contributed by atoms with Crippen LogP contribution in [-0.2, 0) is 25.6 Å². The van der Waals surface area contributed by atoms with Gasteiger partial charge in [0.05, 0.1) is 30.3 Å². The molecule has 0 bridgehead atoms. The third kappa shape index (κ3) is 4.92. The number of hydrogen-bond acceptors (Lipinski definition) is 9. The van der Waals surface area contributed by atoms with Crippen LogP contribution in [0.5, 0.6) is 17.4 Å². The van der Waals surface area contributed by atoms with E-state index in [1.807, 2.05) is 34.6 Å². The number of rotatable bonds is 8. The van der Waals surface area contributed by atoms with Crippen LogP contribution in [-0.4, -0.2) is 55.6 Å². The molecule has 0 atom stereocenters. The van der Waals surface area contributed by atoms with Gasteiger partial charge in [-0.1, -0.05) is 25.1 Å². The molecule has 2 aromatic carbocycles. The zero-order valence-corrected chi connectivity index (χ0v) is 24.0. The molecule has 1 saturated heterocycles. The number of para-hydroxylation sites is 1. The van der Waals surface area contributed by atoms with Crippen molar-refractivity contribution in [3.05, 3.63) is 58.6 Å². The molecule has 0 saturated carbocycles. The molecule has 1 aromatic heterocycles. The standard InChI is InChI=1S/C27H33BN2O8S/c1-8-10-21-29-24(31)23(25(32)30(21)22-19(35-6)11-9-12-20(22)36-7)39(33,34)18-15-13-17(14-16-18)28-37-26(2,3)27(4,5)38-28/h9,11-16,32H,8,10H2,1-7H3. The molecule has 10 nitrogen and oxygen atoms in total. The Bertz CT molecular complexity index is 1510. The first-order valence-corrected chi connectivity index (χ1v) is 14.0. The van der Waals surface area contributed by atoms with Crippen molar-refractivity contribution in [1.29, 1.82) is 0 Å². The first-order chi connectivity index (χ1) is 18.3. The van der Waals surface area contributed by atoms with Crippen molar-refractivity contribution in [3.8, 4) is 23.1 Å². The number of aryl methyl sites for hydroxylation is 1. The highest BCUT2D eigenvalue weighted by Crippen LogP contribution is 2.39. The third-order valence-electron chi connectivity index (χ3n) is 7.18. The number of hydrogen-bond donors (Lipinski definition) is 1. The second kappa shape index (κ2) is 10.3. The third-order valence-corrected chi connectivity index (χ3v) is 8.97. The number of ether oxygens (including phenoxy) is 2. The van der Waals surface area contributed by atoms with Crippen LogP contribution in [0.1, 0.15) is 46.9 Å². The van der Waals surface area contributed by atoms with Gasteiger partial charge in [0.25, 0.3) is 5.56 Å². The molecule has 2 heterocycles. The van der Waals surface area contributed by atoms with E-state index in [0.29, 0.717) is 23.4 Å². The Kier molecular flexibility index (Phi) is 7.59. The van der Waals surface area contributed by atoms with Gasteiger partial charge in [-0.15, -0.1) is 0 Å². The van der Waals surface area contributed by atoms with Crippen molar-refractivity contribution in [3.63, 3.8) is 0 Å². The van der Waals surface area contributed by atoms with Gasteiger partial charge in [0.2, 0.25) is 15.7 Å². The van der Waals surface area contributed by atoms with Crippen LogP contribution in [0.15, 0.2) is 57.1 Å². The van der Waals surface area contributed by atoms with Gasteiger partial charge < -0.3 is 23.9 Å². The minimum absolute atomic E-state index is 0.165. The number of nitrogens with zero attached hydrogens (tertiary/aromatic N) is 2. The van der Waals surface area contributed by atoms with Gasteiger partial charge in [0, 0.05) is 6.42 Å². The monoisotopic (exact) mass is 556 g/mol. The van der Waals surface area contributed by atoms with Gasteiger partial charge in [-0.25, -0.2) is 8.42 Å². The smallest absolute Gasteiger partial charge is 0.494 e.